The molecule has 0 unspecified atom stereocenters. The number of nitriles is 1. The maximum atomic E-state index is 11.4. The van der Waals surface area contributed by atoms with Crippen LogP contribution in [-0.2, 0) is 16.4 Å². The lowest BCUT2D eigenvalue weighted by atomic mass is 10.1. The van der Waals surface area contributed by atoms with Gasteiger partial charge in [0.25, 0.3) is 5.69 Å². The summed E-state index contributed by atoms with van der Waals surface area (Å²) < 4.78 is 22.8. The van der Waals surface area contributed by atoms with Crippen molar-refractivity contribution in [1.82, 2.24) is 0 Å². The monoisotopic (exact) mass is 331 g/mol. The quantitative estimate of drug-likeness (QED) is 0.665. The first-order valence-electron chi connectivity index (χ1n) is 6.52. The number of non-ortho nitro benzene ring substituents is 1. The van der Waals surface area contributed by atoms with E-state index in [2.05, 4.69) is 5.32 Å². The molecule has 8 heteroatoms. The van der Waals surface area contributed by atoms with Gasteiger partial charge in [-0.2, -0.15) is 5.26 Å². The second kappa shape index (κ2) is 6.46. The first kappa shape index (κ1) is 16.5. The molecular formula is C15H13N3O4S. The number of hydrogen-bond acceptors (Lipinski definition) is 6. The maximum absolute atomic E-state index is 11.4. The zero-order valence-electron chi connectivity index (χ0n) is 12.2. The van der Waals surface area contributed by atoms with Crippen LogP contribution in [0.4, 0.5) is 11.4 Å². The Kier molecular flexibility index (Phi) is 4.62. The van der Waals surface area contributed by atoms with Gasteiger partial charge in [-0.15, -0.1) is 0 Å². The van der Waals surface area contributed by atoms with Crippen LogP contribution in [-0.4, -0.2) is 19.6 Å². The highest BCUT2D eigenvalue weighted by atomic mass is 32.2. The molecule has 0 radical (unpaired) electrons. The van der Waals surface area contributed by atoms with Crippen molar-refractivity contribution in [2.45, 2.75) is 11.4 Å². The number of nitro groups is 1. The number of benzene rings is 2. The molecule has 2 rings (SSSR count). The predicted molar refractivity (Wildman–Crippen MR) is 84.7 cm³/mol. The summed E-state index contributed by atoms with van der Waals surface area (Å²) in [6, 6.07) is 12.3. The number of hydrogen-bond donors (Lipinski definition) is 1. The fraction of sp³-hybridized carbons (Fsp3) is 0.133. The number of nitrogens with zero attached hydrogens (tertiary/aromatic N) is 2. The van der Waals surface area contributed by atoms with E-state index in [0.717, 1.165) is 11.8 Å². The fourth-order valence-electron chi connectivity index (χ4n) is 1.94. The third-order valence-electron chi connectivity index (χ3n) is 3.17. The summed E-state index contributed by atoms with van der Waals surface area (Å²) in [5, 5.41) is 22.8. The molecule has 23 heavy (non-hydrogen) atoms. The summed E-state index contributed by atoms with van der Waals surface area (Å²) in [6.45, 7) is 0.358. The zero-order chi connectivity index (χ0) is 17.0. The molecule has 0 amide bonds. The Morgan fingerprint density at radius 1 is 1.22 bits per heavy atom. The highest BCUT2D eigenvalue weighted by Crippen LogP contribution is 2.22. The Balaban J connectivity index is 2.15. The van der Waals surface area contributed by atoms with E-state index < -0.39 is 14.8 Å². The summed E-state index contributed by atoms with van der Waals surface area (Å²) in [7, 11) is -3.24. The molecule has 0 fully saturated rings. The van der Waals surface area contributed by atoms with Gasteiger partial charge in [0.05, 0.1) is 21.1 Å². The van der Waals surface area contributed by atoms with Gasteiger partial charge < -0.3 is 5.32 Å². The number of rotatable bonds is 5. The molecule has 0 aromatic heterocycles. The second-order valence-corrected chi connectivity index (χ2v) is 6.88. The van der Waals surface area contributed by atoms with Crippen molar-refractivity contribution < 1.29 is 13.3 Å². The third-order valence-corrected chi connectivity index (χ3v) is 4.30. The Morgan fingerprint density at radius 3 is 2.39 bits per heavy atom. The fourth-order valence-corrected chi connectivity index (χ4v) is 2.57. The number of sulfone groups is 1. The standard InChI is InChI=1S/C15H13N3O4S/c1-23(21,22)14-5-2-11(3-6-14)10-17-15-7-4-13(18(19)20)8-12(15)9-16/h2-8,17H,10H2,1H3. The number of nitrogens with one attached hydrogen (secondary N) is 1. The van der Waals surface area contributed by atoms with Gasteiger partial charge in [-0.3, -0.25) is 10.1 Å². The number of anilines is 1. The molecule has 0 atom stereocenters. The molecule has 0 spiro atoms. The molecule has 2 aromatic rings. The van der Waals surface area contributed by atoms with Crippen molar-refractivity contribution >= 4 is 21.2 Å². The molecule has 0 aliphatic rings. The maximum Gasteiger partial charge on any atom is 0.270 e. The molecule has 0 aliphatic heterocycles. The van der Waals surface area contributed by atoms with Gasteiger partial charge in [0.15, 0.2) is 9.84 Å². The average Bonchev–Trinajstić information content (AvgIpc) is 2.52. The largest absolute Gasteiger partial charge is 0.380 e. The van der Waals surface area contributed by atoms with Crippen LogP contribution < -0.4 is 5.32 Å². The van der Waals surface area contributed by atoms with Gasteiger partial charge in [-0.05, 0) is 23.8 Å². The SMILES string of the molecule is CS(=O)(=O)c1ccc(CNc2ccc([N+](=O)[O-])cc2C#N)cc1. The topological polar surface area (TPSA) is 113 Å². The van der Waals surface area contributed by atoms with Crippen LogP contribution in [0.15, 0.2) is 47.4 Å². The van der Waals surface area contributed by atoms with Crippen LogP contribution in [0.5, 0.6) is 0 Å². The Hall–Kier alpha value is -2.92. The molecule has 0 bridgehead atoms. The molecule has 0 heterocycles. The van der Waals surface area contributed by atoms with Gasteiger partial charge in [-0.1, -0.05) is 12.1 Å². The van der Waals surface area contributed by atoms with Crippen molar-refractivity contribution in [3.63, 3.8) is 0 Å². The van der Waals surface area contributed by atoms with Crippen LogP contribution in [0.2, 0.25) is 0 Å². The molecular weight excluding hydrogens is 318 g/mol. The van der Waals surface area contributed by atoms with E-state index >= 15 is 0 Å². The van der Waals surface area contributed by atoms with Crippen LogP contribution in [0.3, 0.4) is 0 Å². The van der Waals surface area contributed by atoms with E-state index in [-0.39, 0.29) is 16.1 Å². The van der Waals surface area contributed by atoms with E-state index in [9.17, 15) is 18.5 Å². The lowest BCUT2D eigenvalue weighted by molar-refractivity contribution is -0.384. The predicted octanol–water partition coefficient (Wildman–Crippen LogP) is 2.48. The van der Waals surface area contributed by atoms with Crippen molar-refractivity contribution in [2.24, 2.45) is 0 Å². The lowest BCUT2D eigenvalue weighted by Gasteiger charge is -2.08. The highest BCUT2D eigenvalue weighted by molar-refractivity contribution is 7.90. The smallest absolute Gasteiger partial charge is 0.270 e. The van der Waals surface area contributed by atoms with E-state index in [0.29, 0.717) is 12.2 Å². The van der Waals surface area contributed by atoms with Crippen LogP contribution in [0.25, 0.3) is 0 Å². The molecule has 1 N–H and O–H groups in total. The van der Waals surface area contributed by atoms with Crippen LogP contribution >= 0.6 is 0 Å². The Morgan fingerprint density at radius 2 is 1.87 bits per heavy atom. The van der Waals surface area contributed by atoms with Crippen molar-refractivity contribution in [2.75, 3.05) is 11.6 Å². The van der Waals surface area contributed by atoms with Crippen molar-refractivity contribution in [3.8, 4) is 6.07 Å². The van der Waals surface area contributed by atoms with Crippen molar-refractivity contribution in [3.05, 3.63) is 63.7 Å². The second-order valence-electron chi connectivity index (χ2n) is 4.87. The molecule has 0 saturated carbocycles. The van der Waals surface area contributed by atoms with Gasteiger partial charge in [-0.25, -0.2) is 8.42 Å². The normalized spacial score (nSPS) is 10.8. The first-order chi connectivity index (χ1) is 10.8. The summed E-state index contributed by atoms with van der Waals surface area (Å²) in [5.74, 6) is 0. The number of nitro benzene ring substituents is 1. The molecule has 0 aliphatic carbocycles. The highest BCUT2D eigenvalue weighted by Gasteiger charge is 2.11. The summed E-state index contributed by atoms with van der Waals surface area (Å²) in [6.07, 6.45) is 1.14. The minimum Gasteiger partial charge on any atom is -0.380 e. The van der Waals surface area contributed by atoms with E-state index in [1.165, 1.54) is 30.3 Å². The van der Waals surface area contributed by atoms with Crippen molar-refractivity contribution in [1.29, 1.82) is 5.26 Å². The minimum atomic E-state index is -3.24. The van der Waals surface area contributed by atoms with Gasteiger partial charge in [0.1, 0.15) is 6.07 Å². The van der Waals surface area contributed by atoms with Gasteiger partial charge in [0, 0.05) is 24.9 Å². The third kappa shape index (κ3) is 4.05. The lowest BCUT2D eigenvalue weighted by Crippen LogP contribution is -2.03. The van der Waals surface area contributed by atoms with Crippen LogP contribution in [0, 0.1) is 21.4 Å². The summed E-state index contributed by atoms with van der Waals surface area (Å²) in [4.78, 5) is 10.4. The molecule has 7 nitrogen and oxygen atoms in total. The molecule has 2 aromatic carbocycles. The Labute approximate surface area is 133 Å². The average molecular weight is 331 g/mol. The molecule has 0 saturated heterocycles. The molecule has 118 valence electrons. The Bertz CT molecular complexity index is 884. The first-order valence-corrected chi connectivity index (χ1v) is 8.42. The van der Waals surface area contributed by atoms with E-state index in [4.69, 9.17) is 5.26 Å². The van der Waals surface area contributed by atoms with E-state index in [1.54, 1.807) is 12.1 Å². The van der Waals surface area contributed by atoms with Gasteiger partial charge in [0.2, 0.25) is 0 Å². The minimum absolute atomic E-state index is 0.149. The van der Waals surface area contributed by atoms with Gasteiger partial charge >= 0.3 is 0 Å². The van der Waals surface area contributed by atoms with Crippen LogP contribution in [0.1, 0.15) is 11.1 Å². The van der Waals surface area contributed by atoms with E-state index in [1.807, 2.05) is 6.07 Å². The zero-order valence-corrected chi connectivity index (χ0v) is 13.0. The summed E-state index contributed by atoms with van der Waals surface area (Å²) >= 11 is 0. The summed E-state index contributed by atoms with van der Waals surface area (Å²) in [5.41, 5.74) is 1.32.